The highest BCUT2D eigenvalue weighted by molar-refractivity contribution is 9.09. The SMILES string of the molecule is O=C(CBr)N(Cc1ccc(F)cc1)C1CC1. The largest absolute Gasteiger partial charge is 0.335 e. The van der Waals surface area contributed by atoms with E-state index in [1.807, 2.05) is 4.90 Å². The number of carbonyl (C=O) groups is 1. The third kappa shape index (κ3) is 2.82. The first-order chi connectivity index (χ1) is 7.70. The van der Waals surface area contributed by atoms with E-state index < -0.39 is 0 Å². The van der Waals surface area contributed by atoms with Crippen molar-refractivity contribution in [1.82, 2.24) is 4.90 Å². The fourth-order valence-electron chi connectivity index (χ4n) is 1.67. The molecule has 0 bridgehead atoms. The van der Waals surface area contributed by atoms with Crippen LogP contribution in [0.1, 0.15) is 18.4 Å². The molecular formula is C12H13BrFNO. The van der Waals surface area contributed by atoms with E-state index in [0.717, 1.165) is 18.4 Å². The molecule has 2 nitrogen and oxygen atoms in total. The molecule has 2 rings (SSSR count). The van der Waals surface area contributed by atoms with Crippen LogP contribution < -0.4 is 0 Å². The second-order valence-corrected chi connectivity index (χ2v) is 4.57. The van der Waals surface area contributed by atoms with Gasteiger partial charge in [0, 0.05) is 12.6 Å². The van der Waals surface area contributed by atoms with E-state index in [0.29, 0.717) is 17.9 Å². The van der Waals surface area contributed by atoms with Crippen LogP contribution in [0.3, 0.4) is 0 Å². The van der Waals surface area contributed by atoms with Gasteiger partial charge >= 0.3 is 0 Å². The van der Waals surface area contributed by atoms with Crippen LogP contribution in [0.4, 0.5) is 4.39 Å². The van der Waals surface area contributed by atoms with Crippen LogP contribution in [0, 0.1) is 5.82 Å². The highest BCUT2D eigenvalue weighted by Crippen LogP contribution is 2.28. The van der Waals surface area contributed by atoms with E-state index in [9.17, 15) is 9.18 Å². The monoisotopic (exact) mass is 285 g/mol. The van der Waals surface area contributed by atoms with E-state index in [2.05, 4.69) is 15.9 Å². The van der Waals surface area contributed by atoms with E-state index in [4.69, 9.17) is 0 Å². The average Bonchev–Trinajstić information content (AvgIpc) is 3.11. The molecule has 0 aromatic heterocycles. The Morgan fingerprint density at radius 1 is 1.38 bits per heavy atom. The molecular weight excluding hydrogens is 273 g/mol. The zero-order chi connectivity index (χ0) is 11.5. The number of hydrogen-bond donors (Lipinski definition) is 0. The van der Waals surface area contributed by atoms with Crippen molar-refractivity contribution in [2.75, 3.05) is 5.33 Å². The fraction of sp³-hybridized carbons (Fsp3) is 0.417. The van der Waals surface area contributed by atoms with Crippen molar-refractivity contribution in [2.45, 2.75) is 25.4 Å². The Morgan fingerprint density at radius 3 is 2.50 bits per heavy atom. The Kier molecular flexibility index (Phi) is 3.59. The highest BCUT2D eigenvalue weighted by Gasteiger charge is 2.31. The highest BCUT2D eigenvalue weighted by atomic mass is 79.9. The lowest BCUT2D eigenvalue weighted by Gasteiger charge is -2.21. The van der Waals surface area contributed by atoms with Crippen molar-refractivity contribution >= 4 is 21.8 Å². The smallest absolute Gasteiger partial charge is 0.233 e. The fourth-order valence-corrected chi connectivity index (χ4v) is 1.99. The Morgan fingerprint density at radius 2 is 2.00 bits per heavy atom. The molecule has 0 aliphatic heterocycles. The molecule has 1 fully saturated rings. The molecule has 1 aromatic rings. The summed E-state index contributed by atoms with van der Waals surface area (Å²) in [5.74, 6) is -0.139. The lowest BCUT2D eigenvalue weighted by Crippen LogP contribution is -2.33. The average molecular weight is 286 g/mol. The second-order valence-electron chi connectivity index (χ2n) is 4.01. The minimum absolute atomic E-state index is 0.104. The third-order valence-electron chi connectivity index (χ3n) is 2.69. The first-order valence-corrected chi connectivity index (χ1v) is 6.42. The van der Waals surface area contributed by atoms with Crippen LogP contribution >= 0.6 is 15.9 Å². The molecule has 1 saturated carbocycles. The van der Waals surface area contributed by atoms with E-state index >= 15 is 0 Å². The topological polar surface area (TPSA) is 20.3 Å². The predicted octanol–water partition coefficient (Wildman–Crippen LogP) is 2.71. The van der Waals surface area contributed by atoms with E-state index in [-0.39, 0.29) is 11.7 Å². The normalized spacial score (nSPS) is 14.9. The molecule has 0 spiro atoms. The van der Waals surface area contributed by atoms with Crippen LogP contribution in [-0.2, 0) is 11.3 Å². The Labute approximate surface area is 103 Å². The van der Waals surface area contributed by atoms with Gasteiger partial charge in [0.15, 0.2) is 0 Å². The van der Waals surface area contributed by atoms with Gasteiger partial charge in [-0.15, -0.1) is 0 Å². The summed E-state index contributed by atoms with van der Waals surface area (Å²) in [5.41, 5.74) is 0.975. The molecule has 0 saturated heterocycles. The summed E-state index contributed by atoms with van der Waals surface area (Å²) in [4.78, 5) is 13.5. The van der Waals surface area contributed by atoms with Gasteiger partial charge in [-0.25, -0.2) is 4.39 Å². The van der Waals surface area contributed by atoms with Crippen molar-refractivity contribution in [3.63, 3.8) is 0 Å². The maximum atomic E-state index is 12.7. The molecule has 0 radical (unpaired) electrons. The minimum Gasteiger partial charge on any atom is -0.335 e. The zero-order valence-electron chi connectivity index (χ0n) is 8.83. The maximum absolute atomic E-state index is 12.7. The van der Waals surface area contributed by atoms with Crippen LogP contribution in [0.25, 0.3) is 0 Å². The number of nitrogens with zero attached hydrogens (tertiary/aromatic N) is 1. The molecule has 16 heavy (non-hydrogen) atoms. The van der Waals surface area contributed by atoms with Crippen LogP contribution in [0.2, 0.25) is 0 Å². The van der Waals surface area contributed by atoms with Gasteiger partial charge in [0.25, 0.3) is 0 Å². The van der Waals surface area contributed by atoms with Gasteiger partial charge in [-0.3, -0.25) is 4.79 Å². The summed E-state index contributed by atoms with van der Waals surface area (Å²) in [6.45, 7) is 0.579. The molecule has 0 unspecified atom stereocenters. The van der Waals surface area contributed by atoms with E-state index in [1.165, 1.54) is 12.1 Å². The van der Waals surface area contributed by atoms with E-state index in [1.54, 1.807) is 12.1 Å². The van der Waals surface area contributed by atoms with Gasteiger partial charge < -0.3 is 4.90 Å². The van der Waals surface area contributed by atoms with Crippen molar-refractivity contribution in [2.24, 2.45) is 0 Å². The van der Waals surface area contributed by atoms with Crippen molar-refractivity contribution in [1.29, 1.82) is 0 Å². The molecule has 86 valence electrons. The van der Waals surface area contributed by atoms with Gasteiger partial charge in [0.05, 0.1) is 5.33 Å². The molecule has 1 aliphatic carbocycles. The number of hydrogen-bond acceptors (Lipinski definition) is 1. The molecule has 0 heterocycles. The second kappa shape index (κ2) is 4.95. The number of halogens is 2. The van der Waals surface area contributed by atoms with Gasteiger partial charge in [-0.2, -0.15) is 0 Å². The molecule has 0 atom stereocenters. The molecule has 0 N–H and O–H groups in total. The van der Waals surface area contributed by atoms with Crippen molar-refractivity contribution < 1.29 is 9.18 Å². The summed E-state index contributed by atoms with van der Waals surface area (Å²) in [5, 5.41) is 0.352. The van der Waals surface area contributed by atoms with Gasteiger partial charge in [-0.1, -0.05) is 28.1 Å². The van der Waals surface area contributed by atoms with Crippen LogP contribution in [0.15, 0.2) is 24.3 Å². The minimum atomic E-state index is -0.242. The predicted molar refractivity (Wildman–Crippen MR) is 63.8 cm³/mol. The Bertz CT molecular complexity index is 375. The summed E-state index contributed by atoms with van der Waals surface area (Å²) >= 11 is 3.19. The van der Waals surface area contributed by atoms with Crippen LogP contribution in [0.5, 0.6) is 0 Å². The summed E-state index contributed by atoms with van der Waals surface area (Å²) in [7, 11) is 0. The third-order valence-corrected chi connectivity index (χ3v) is 3.17. The standard InChI is InChI=1S/C12H13BrFNO/c13-7-12(16)15(11-5-6-11)8-9-1-3-10(14)4-2-9/h1-4,11H,5-8H2. The summed E-state index contributed by atoms with van der Waals surface area (Å²) in [6.07, 6.45) is 2.17. The molecule has 4 heteroatoms. The number of amides is 1. The first kappa shape index (κ1) is 11.6. The Balaban J connectivity index is 2.05. The van der Waals surface area contributed by atoms with Gasteiger partial charge in [0.1, 0.15) is 5.82 Å². The molecule has 1 aromatic carbocycles. The van der Waals surface area contributed by atoms with Crippen molar-refractivity contribution in [3.8, 4) is 0 Å². The lowest BCUT2D eigenvalue weighted by atomic mass is 10.2. The molecule has 1 amide bonds. The lowest BCUT2D eigenvalue weighted by molar-refractivity contribution is -0.129. The number of rotatable bonds is 4. The molecule has 1 aliphatic rings. The number of carbonyl (C=O) groups excluding carboxylic acids is 1. The quantitative estimate of drug-likeness (QED) is 0.779. The van der Waals surface area contributed by atoms with Crippen molar-refractivity contribution in [3.05, 3.63) is 35.6 Å². The summed E-state index contributed by atoms with van der Waals surface area (Å²) in [6, 6.07) is 6.70. The maximum Gasteiger partial charge on any atom is 0.233 e. The zero-order valence-corrected chi connectivity index (χ0v) is 10.4. The number of alkyl halides is 1. The summed E-state index contributed by atoms with van der Waals surface area (Å²) < 4.78 is 12.7. The van der Waals surface area contributed by atoms with Gasteiger partial charge in [-0.05, 0) is 30.5 Å². The van der Waals surface area contributed by atoms with Crippen LogP contribution in [-0.4, -0.2) is 22.2 Å². The Hall–Kier alpha value is -0.900. The van der Waals surface area contributed by atoms with Gasteiger partial charge in [0.2, 0.25) is 5.91 Å². The first-order valence-electron chi connectivity index (χ1n) is 5.30. The number of benzene rings is 1.